The average molecular weight is 578 g/mol. The SMILES string of the molecule is COc1ccc(CNCCN(C)C)cc1-c1ccc(O)c2c1CC1CC3CC(=O)C(C(N)=O)=C(O)C3(O)C(=O)C1=C2O. The van der Waals surface area contributed by atoms with E-state index in [0.29, 0.717) is 23.4 Å². The smallest absolute Gasteiger partial charge is 0.255 e. The molecule has 7 N–H and O–H groups in total. The van der Waals surface area contributed by atoms with Gasteiger partial charge in [0, 0.05) is 43.1 Å². The number of benzene rings is 2. The van der Waals surface area contributed by atoms with Gasteiger partial charge in [0.05, 0.1) is 12.7 Å². The van der Waals surface area contributed by atoms with Crippen molar-refractivity contribution in [1.29, 1.82) is 0 Å². The van der Waals surface area contributed by atoms with Crippen LogP contribution in [-0.2, 0) is 27.3 Å². The van der Waals surface area contributed by atoms with Gasteiger partial charge in [-0.05, 0) is 67.7 Å². The zero-order valence-corrected chi connectivity index (χ0v) is 23.7. The highest BCUT2D eigenvalue weighted by molar-refractivity contribution is 6.22. The molecule has 0 saturated heterocycles. The Kier molecular flexibility index (Phi) is 7.61. The summed E-state index contributed by atoms with van der Waals surface area (Å²) in [4.78, 5) is 40.3. The Bertz CT molecular complexity index is 1560. The number of nitrogens with zero attached hydrogens (tertiary/aromatic N) is 1. The highest BCUT2D eigenvalue weighted by atomic mass is 16.5. The Hall–Kier alpha value is -4.19. The highest BCUT2D eigenvalue weighted by Crippen LogP contribution is 2.53. The van der Waals surface area contributed by atoms with Crippen molar-refractivity contribution in [2.24, 2.45) is 17.6 Å². The number of primary amides is 1. The zero-order chi connectivity index (χ0) is 30.5. The number of likely N-dealkylation sites (N-methyl/N-ethyl adjacent to an activating group) is 1. The lowest BCUT2D eigenvalue weighted by atomic mass is 9.59. The molecule has 222 valence electrons. The van der Waals surface area contributed by atoms with Crippen LogP contribution in [0.4, 0.5) is 0 Å². The van der Waals surface area contributed by atoms with Crippen LogP contribution < -0.4 is 15.8 Å². The van der Waals surface area contributed by atoms with Gasteiger partial charge in [-0.25, -0.2) is 0 Å². The van der Waals surface area contributed by atoms with Crippen LogP contribution in [0, 0.1) is 11.8 Å². The van der Waals surface area contributed by atoms with Gasteiger partial charge in [0.25, 0.3) is 5.91 Å². The van der Waals surface area contributed by atoms with Crippen LogP contribution in [0.15, 0.2) is 47.2 Å². The first-order valence-electron chi connectivity index (χ1n) is 13.7. The summed E-state index contributed by atoms with van der Waals surface area (Å²) in [7, 11) is 5.55. The summed E-state index contributed by atoms with van der Waals surface area (Å²) < 4.78 is 5.66. The molecule has 0 radical (unpaired) electrons. The van der Waals surface area contributed by atoms with Crippen molar-refractivity contribution in [2.75, 3.05) is 34.3 Å². The van der Waals surface area contributed by atoms with Crippen LogP contribution >= 0.6 is 0 Å². The molecule has 2 aromatic carbocycles. The second kappa shape index (κ2) is 10.9. The number of aromatic hydroxyl groups is 1. The number of phenolic OH excluding ortho intramolecular Hbond substituents is 1. The molecule has 0 spiro atoms. The number of aliphatic hydroxyl groups is 3. The number of nitrogens with two attached hydrogens (primary N) is 1. The molecule has 0 aliphatic heterocycles. The van der Waals surface area contributed by atoms with E-state index >= 15 is 0 Å². The highest BCUT2D eigenvalue weighted by Gasteiger charge is 2.60. The van der Waals surface area contributed by atoms with Crippen molar-refractivity contribution < 1.29 is 39.5 Å². The summed E-state index contributed by atoms with van der Waals surface area (Å²) in [6.45, 7) is 2.28. The summed E-state index contributed by atoms with van der Waals surface area (Å²) in [5, 5.41) is 47.9. The molecule has 11 heteroatoms. The van der Waals surface area contributed by atoms with Crippen molar-refractivity contribution in [2.45, 2.75) is 31.4 Å². The van der Waals surface area contributed by atoms with Crippen molar-refractivity contribution in [3.63, 3.8) is 0 Å². The standard InChI is InChI=1S/C31H35N3O8/c1-34(2)9-8-33-14-15-4-7-23(42-3)19(10-15)18-5-6-21(35)25-20(18)12-16-11-17-13-22(36)26(30(32)40)29(39)31(17,41)28(38)24(16)27(25)37/h4-7,10,16-17,33,35,37,39,41H,8-9,11-14H2,1-3H3,(H2,32,40). The van der Waals surface area contributed by atoms with Gasteiger partial charge in [-0.3, -0.25) is 14.4 Å². The number of ketones is 2. The normalized spacial score (nSPS) is 23.5. The lowest BCUT2D eigenvalue weighted by Crippen LogP contribution is -2.58. The zero-order valence-electron chi connectivity index (χ0n) is 23.7. The number of ether oxygens (including phenoxy) is 1. The van der Waals surface area contributed by atoms with Crippen LogP contribution in [0.3, 0.4) is 0 Å². The number of Topliss-reactive ketones (excluding diaryl/α,β-unsaturated/α-hetero) is 2. The van der Waals surface area contributed by atoms with Crippen molar-refractivity contribution in [3.05, 3.63) is 63.9 Å². The first kappa shape index (κ1) is 29.3. The Balaban J connectivity index is 1.60. The van der Waals surface area contributed by atoms with Crippen molar-refractivity contribution >= 4 is 23.2 Å². The molecule has 3 atom stereocenters. The third-order valence-corrected chi connectivity index (χ3v) is 8.57. The van der Waals surface area contributed by atoms with Gasteiger partial charge >= 0.3 is 0 Å². The summed E-state index contributed by atoms with van der Waals surface area (Å²) in [6.07, 6.45) is -0.108. The minimum atomic E-state index is -2.60. The Morgan fingerprint density at radius 1 is 1.12 bits per heavy atom. The van der Waals surface area contributed by atoms with Crippen LogP contribution in [0.5, 0.6) is 11.5 Å². The number of fused-ring (bicyclic) bond motifs is 3. The van der Waals surface area contributed by atoms with Crippen molar-refractivity contribution in [1.82, 2.24) is 10.2 Å². The molecule has 1 amide bonds. The number of amides is 1. The van der Waals surface area contributed by atoms with Gasteiger partial charge in [-0.2, -0.15) is 0 Å². The summed E-state index contributed by atoms with van der Waals surface area (Å²) >= 11 is 0. The number of carbonyl (C=O) groups excluding carboxylic acids is 3. The predicted octanol–water partition coefficient (Wildman–Crippen LogP) is 1.75. The van der Waals surface area contributed by atoms with E-state index in [-0.39, 0.29) is 36.1 Å². The molecule has 3 aliphatic carbocycles. The van der Waals surface area contributed by atoms with Gasteiger partial charge in [0.1, 0.15) is 28.6 Å². The predicted molar refractivity (Wildman–Crippen MR) is 154 cm³/mol. The van der Waals surface area contributed by atoms with Gasteiger partial charge < -0.3 is 41.1 Å². The van der Waals surface area contributed by atoms with Crippen LogP contribution in [-0.4, -0.2) is 82.7 Å². The molecule has 2 aromatic rings. The molecule has 11 nitrogen and oxygen atoms in total. The van der Waals surface area contributed by atoms with Gasteiger partial charge in [-0.1, -0.05) is 12.1 Å². The third-order valence-electron chi connectivity index (χ3n) is 8.57. The maximum atomic E-state index is 13.8. The minimum Gasteiger partial charge on any atom is -0.508 e. The quantitative estimate of drug-likeness (QED) is 0.200. The Labute approximate surface area is 242 Å². The van der Waals surface area contributed by atoms with Crippen molar-refractivity contribution in [3.8, 4) is 22.6 Å². The Morgan fingerprint density at radius 3 is 2.52 bits per heavy atom. The third kappa shape index (κ3) is 4.63. The lowest BCUT2D eigenvalue weighted by Gasteiger charge is -2.46. The van der Waals surface area contributed by atoms with E-state index < -0.39 is 52.0 Å². The minimum absolute atomic E-state index is 0.0381. The number of methoxy groups -OCH3 is 1. The molecule has 0 aromatic heterocycles. The Morgan fingerprint density at radius 2 is 1.86 bits per heavy atom. The van der Waals surface area contributed by atoms with E-state index in [1.165, 1.54) is 6.07 Å². The van der Waals surface area contributed by atoms with Crippen LogP contribution in [0.1, 0.15) is 29.5 Å². The molecular formula is C31H35N3O8. The van der Waals surface area contributed by atoms with Gasteiger partial charge in [0.2, 0.25) is 5.78 Å². The summed E-state index contributed by atoms with van der Waals surface area (Å²) in [5.74, 6) is -6.00. The van der Waals surface area contributed by atoms with E-state index in [1.807, 2.05) is 32.3 Å². The van der Waals surface area contributed by atoms with Gasteiger partial charge in [0.15, 0.2) is 11.4 Å². The summed E-state index contributed by atoms with van der Waals surface area (Å²) in [6, 6.07) is 8.92. The molecule has 0 bridgehead atoms. The maximum absolute atomic E-state index is 13.8. The number of aliphatic hydroxyl groups excluding tert-OH is 2. The number of nitrogens with one attached hydrogen (secondary N) is 1. The fourth-order valence-electron chi connectivity index (χ4n) is 6.48. The average Bonchev–Trinajstić information content (AvgIpc) is 2.93. The molecule has 1 fully saturated rings. The molecule has 3 unspecified atom stereocenters. The number of rotatable bonds is 8. The molecule has 0 heterocycles. The fraction of sp³-hybridized carbons (Fsp3) is 0.387. The second-order valence-corrected chi connectivity index (χ2v) is 11.4. The van der Waals surface area contributed by atoms with E-state index in [2.05, 4.69) is 10.2 Å². The number of carbonyl (C=O) groups is 3. The topological polar surface area (TPSA) is 183 Å². The van der Waals surface area contributed by atoms with E-state index in [9.17, 15) is 34.8 Å². The maximum Gasteiger partial charge on any atom is 0.255 e. The molecule has 3 aliphatic rings. The number of hydrogen-bond acceptors (Lipinski definition) is 10. The summed E-state index contributed by atoms with van der Waals surface area (Å²) in [5.41, 5.74) is 4.70. The van der Waals surface area contributed by atoms with E-state index in [4.69, 9.17) is 10.5 Å². The van der Waals surface area contributed by atoms with E-state index in [0.717, 1.165) is 24.2 Å². The first-order valence-corrected chi connectivity index (χ1v) is 13.7. The molecular weight excluding hydrogens is 542 g/mol. The molecule has 42 heavy (non-hydrogen) atoms. The largest absolute Gasteiger partial charge is 0.508 e. The van der Waals surface area contributed by atoms with Crippen LogP contribution in [0.2, 0.25) is 0 Å². The fourth-order valence-corrected chi connectivity index (χ4v) is 6.48. The molecule has 1 saturated carbocycles. The second-order valence-electron chi connectivity index (χ2n) is 11.4. The number of hydrogen-bond donors (Lipinski definition) is 6. The lowest BCUT2D eigenvalue weighted by molar-refractivity contribution is -0.147. The van der Waals surface area contributed by atoms with Crippen LogP contribution in [0.25, 0.3) is 16.9 Å². The van der Waals surface area contributed by atoms with Gasteiger partial charge in [-0.15, -0.1) is 0 Å². The number of phenols is 1. The molecule has 5 rings (SSSR count). The van der Waals surface area contributed by atoms with E-state index in [1.54, 1.807) is 13.2 Å². The first-order chi connectivity index (χ1) is 19.9. The monoisotopic (exact) mass is 577 g/mol.